The monoisotopic (exact) mass is 281 g/mol. The molecule has 0 unspecified atom stereocenters. The Morgan fingerprint density at radius 2 is 2.24 bits per heavy atom. The first-order valence-electron chi connectivity index (χ1n) is 7.07. The third kappa shape index (κ3) is 2.29. The molecular formula is C15H15N5O. The van der Waals surface area contributed by atoms with Crippen LogP contribution in [0, 0.1) is 5.92 Å². The molecule has 0 atom stereocenters. The summed E-state index contributed by atoms with van der Waals surface area (Å²) in [6.45, 7) is 0.768. The smallest absolute Gasteiger partial charge is 0.252 e. The minimum atomic E-state index is -0.0440. The Hall–Kier alpha value is -2.63. The summed E-state index contributed by atoms with van der Waals surface area (Å²) in [5.74, 6) is 1.35. The molecule has 0 radical (unpaired) electrons. The zero-order chi connectivity index (χ0) is 14.2. The van der Waals surface area contributed by atoms with Crippen LogP contribution in [0.25, 0.3) is 17.0 Å². The highest BCUT2D eigenvalue weighted by Crippen LogP contribution is 2.27. The number of pyridine rings is 1. The number of aromatic amines is 1. The Morgan fingerprint density at radius 3 is 3.00 bits per heavy atom. The normalized spacial score (nSPS) is 14.5. The van der Waals surface area contributed by atoms with Crippen LogP contribution in [0.2, 0.25) is 0 Å². The number of nitrogens with one attached hydrogen (secondary N) is 2. The van der Waals surface area contributed by atoms with E-state index in [9.17, 15) is 4.79 Å². The highest BCUT2D eigenvalue weighted by atomic mass is 16.1. The van der Waals surface area contributed by atoms with Crippen molar-refractivity contribution >= 4 is 11.6 Å². The van der Waals surface area contributed by atoms with E-state index in [0.29, 0.717) is 11.5 Å². The molecule has 6 heteroatoms. The number of nitrogens with zero attached hydrogens (tertiary/aromatic N) is 3. The maximum atomic E-state index is 12.2. The third-order valence-electron chi connectivity index (χ3n) is 3.77. The molecule has 1 aliphatic rings. The molecule has 3 heterocycles. The molecule has 2 N–H and O–H groups in total. The van der Waals surface area contributed by atoms with Crippen molar-refractivity contribution in [3.8, 4) is 11.4 Å². The van der Waals surface area contributed by atoms with E-state index >= 15 is 0 Å². The summed E-state index contributed by atoms with van der Waals surface area (Å²) in [5.41, 5.74) is 2.29. The fourth-order valence-electron chi connectivity index (χ4n) is 2.35. The maximum Gasteiger partial charge on any atom is 0.252 e. The number of amides is 1. The highest BCUT2D eigenvalue weighted by molar-refractivity contribution is 5.94. The van der Waals surface area contributed by atoms with Crippen molar-refractivity contribution in [1.29, 1.82) is 0 Å². The van der Waals surface area contributed by atoms with Crippen molar-refractivity contribution in [2.75, 3.05) is 6.54 Å². The largest absolute Gasteiger partial charge is 0.367 e. The van der Waals surface area contributed by atoms with E-state index < -0.39 is 0 Å². The quantitative estimate of drug-likeness (QED) is 0.766. The minimum Gasteiger partial charge on any atom is -0.367 e. The number of fused-ring (bicyclic) bond motifs is 1. The summed E-state index contributed by atoms with van der Waals surface area (Å²) in [6, 6.07) is 5.53. The van der Waals surface area contributed by atoms with Crippen LogP contribution >= 0.6 is 0 Å². The second kappa shape index (κ2) is 4.73. The van der Waals surface area contributed by atoms with Crippen LogP contribution in [0.3, 0.4) is 0 Å². The fraction of sp³-hybridized carbons (Fsp3) is 0.267. The van der Waals surface area contributed by atoms with Crippen LogP contribution in [0.15, 0.2) is 36.8 Å². The molecule has 1 fully saturated rings. The summed E-state index contributed by atoms with van der Waals surface area (Å²) in [5, 5.41) is 11.3. The van der Waals surface area contributed by atoms with Crippen LogP contribution < -0.4 is 5.32 Å². The van der Waals surface area contributed by atoms with Gasteiger partial charge in [-0.3, -0.25) is 9.20 Å². The lowest BCUT2D eigenvalue weighted by Gasteiger charge is -2.05. The van der Waals surface area contributed by atoms with Crippen LogP contribution in [-0.2, 0) is 0 Å². The van der Waals surface area contributed by atoms with Crippen LogP contribution in [0.5, 0.6) is 0 Å². The zero-order valence-corrected chi connectivity index (χ0v) is 11.4. The summed E-state index contributed by atoms with van der Waals surface area (Å²) < 4.78 is 1.84. The Balaban J connectivity index is 1.67. The SMILES string of the molecule is O=C(NCC1CC1)c1ccc2nnc(-c3cc[nH]c3)n2c1. The van der Waals surface area contributed by atoms with Crippen LogP contribution in [0.4, 0.5) is 0 Å². The van der Waals surface area contributed by atoms with Gasteiger partial charge in [-0.15, -0.1) is 10.2 Å². The number of carbonyl (C=O) groups excluding carboxylic acids is 1. The minimum absolute atomic E-state index is 0.0440. The molecule has 1 saturated carbocycles. The van der Waals surface area contributed by atoms with E-state index in [1.54, 1.807) is 12.3 Å². The number of carbonyl (C=O) groups is 1. The second-order valence-corrected chi connectivity index (χ2v) is 5.42. The molecular weight excluding hydrogens is 266 g/mol. The molecule has 1 aliphatic carbocycles. The van der Waals surface area contributed by atoms with Gasteiger partial charge >= 0.3 is 0 Å². The Labute approximate surface area is 121 Å². The fourth-order valence-corrected chi connectivity index (χ4v) is 2.35. The lowest BCUT2D eigenvalue weighted by Crippen LogP contribution is -2.25. The number of rotatable bonds is 4. The standard InChI is InChI=1S/C15H15N5O/c21-15(17-7-10-1-2-10)12-3-4-13-18-19-14(20(13)9-12)11-5-6-16-8-11/h3-6,8-10,16H,1-2,7H2,(H,17,21). The van der Waals surface area contributed by atoms with Crippen molar-refractivity contribution in [3.05, 3.63) is 42.4 Å². The number of aromatic nitrogens is 4. The molecule has 3 aromatic heterocycles. The third-order valence-corrected chi connectivity index (χ3v) is 3.77. The predicted molar refractivity (Wildman–Crippen MR) is 77.8 cm³/mol. The Kier molecular flexibility index (Phi) is 2.73. The van der Waals surface area contributed by atoms with Gasteiger partial charge in [-0.2, -0.15) is 0 Å². The molecule has 106 valence electrons. The van der Waals surface area contributed by atoms with Gasteiger partial charge in [0.25, 0.3) is 5.91 Å². The second-order valence-electron chi connectivity index (χ2n) is 5.42. The molecule has 3 aromatic rings. The molecule has 6 nitrogen and oxygen atoms in total. The first kappa shape index (κ1) is 12.1. The number of hydrogen-bond donors (Lipinski definition) is 2. The van der Waals surface area contributed by atoms with Crippen molar-refractivity contribution in [2.45, 2.75) is 12.8 Å². The van der Waals surface area contributed by atoms with Gasteiger partial charge in [-0.1, -0.05) is 0 Å². The average molecular weight is 281 g/mol. The van der Waals surface area contributed by atoms with Gasteiger partial charge in [0, 0.05) is 30.7 Å². The van der Waals surface area contributed by atoms with E-state index in [2.05, 4.69) is 20.5 Å². The topological polar surface area (TPSA) is 75.1 Å². The van der Waals surface area contributed by atoms with Gasteiger partial charge in [-0.05, 0) is 37.0 Å². The van der Waals surface area contributed by atoms with E-state index in [0.717, 1.165) is 23.6 Å². The summed E-state index contributed by atoms with van der Waals surface area (Å²) >= 11 is 0. The summed E-state index contributed by atoms with van der Waals surface area (Å²) in [4.78, 5) is 15.2. The molecule has 0 saturated heterocycles. The van der Waals surface area contributed by atoms with Gasteiger partial charge in [-0.25, -0.2) is 0 Å². The molecule has 21 heavy (non-hydrogen) atoms. The highest BCUT2D eigenvalue weighted by Gasteiger charge is 2.22. The zero-order valence-electron chi connectivity index (χ0n) is 11.4. The van der Waals surface area contributed by atoms with Crippen molar-refractivity contribution in [2.24, 2.45) is 5.92 Å². The van der Waals surface area contributed by atoms with E-state index in [-0.39, 0.29) is 5.91 Å². The average Bonchev–Trinajstić information content (AvgIpc) is 3.01. The summed E-state index contributed by atoms with van der Waals surface area (Å²) in [7, 11) is 0. The molecule has 0 bridgehead atoms. The molecule has 0 spiro atoms. The van der Waals surface area contributed by atoms with E-state index in [1.165, 1.54) is 12.8 Å². The first-order valence-corrected chi connectivity index (χ1v) is 7.07. The predicted octanol–water partition coefficient (Wildman–Crippen LogP) is 1.86. The summed E-state index contributed by atoms with van der Waals surface area (Å²) in [6.07, 6.45) is 7.93. The first-order chi connectivity index (χ1) is 10.3. The van der Waals surface area contributed by atoms with Crippen LogP contribution in [-0.4, -0.2) is 32.0 Å². The molecule has 0 aliphatic heterocycles. The number of hydrogen-bond acceptors (Lipinski definition) is 3. The van der Waals surface area contributed by atoms with Gasteiger partial charge in [0.2, 0.25) is 0 Å². The lowest BCUT2D eigenvalue weighted by atomic mass is 10.2. The van der Waals surface area contributed by atoms with Crippen molar-refractivity contribution in [1.82, 2.24) is 24.9 Å². The van der Waals surface area contributed by atoms with Crippen molar-refractivity contribution in [3.63, 3.8) is 0 Å². The van der Waals surface area contributed by atoms with E-state index in [4.69, 9.17) is 0 Å². The molecule has 1 amide bonds. The van der Waals surface area contributed by atoms with Crippen molar-refractivity contribution < 1.29 is 4.79 Å². The van der Waals surface area contributed by atoms with E-state index in [1.807, 2.05) is 28.9 Å². The van der Waals surface area contributed by atoms with Gasteiger partial charge in [0.05, 0.1) is 5.56 Å². The molecule has 0 aromatic carbocycles. The molecule has 4 rings (SSSR count). The Morgan fingerprint density at radius 1 is 1.33 bits per heavy atom. The maximum absolute atomic E-state index is 12.2. The van der Waals surface area contributed by atoms with Gasteiger partial charge < -0.3 is 10.3 Å². The van der Waals surface area contributed by atoms with Crippen LogP contribution in [0.1, 0.15) is 23.2 Å². The Bertz CT molecular complexity index is 786. The lowest BCUT2D eigenvalue weighted by molar-refractivity contribution is 0.0951. The van der Waals surface area contributed by atoms with Gasteiger partial charge in [0.15, 0.2) is 11.5 Å². The van der Waals surface area contributed by atoms with Gasteiger partial charge in [0.1, 0.15) is 0 Å². The number of H-pyrrole nitrogens is 1.